The van der Waals surface area contributed by atoms with Gasteiger partial charge in [0.05, 0.1) is 17.0 Å². The molecule has 0 radical (unpaired) electrons. The minimum Gasteiger partial charge on any atom is -0.496 e. The molecule has 1 aromatic carbocycles. The molecular weight excluding hydrogens is 332 g/mol. The third-order valence-electron chi connectivity index (χ3n) is 2.75. The highest BCUT2D eigenvalue weighted by Gasteiger charge is 2.14. The molecule has 1 aromatic heterocycles. The Bertz CT molecular complexity index is 538. The Balaban J connectivity index is 2.27. The Hall–Kier alpha value is -0.510. The van der Waals surface area contributed by atoms with Gasteiger partial charge in [0.1, 0.15) is 5.75 Å². The predicted molar refractivity (Wildman–Crippen MR) is 82.1 cm³/mol. The molecule has 96 valence electrons. The Kier molecular flexibility index (Phi) is 4.71. The number of ether oxygens (including phenoxy) is 1. The van der Waals surface area contributed by atoms with Gasteiger partial charge in [-0.1, -0.05) is 13.0 Å². The van der Waals surface area contributed by atoms with Gasteiger partial charge >= 0.3 is 0 Å². The van der Waals surface area contributed by atoms with Crippen LogP contribution in [-0.4, -0.2) is 7.11 Å². The summed E-state index contributed by atoms with van der Waals surface area (Å²) < 4.78 is 6.15. The van der Waals surface area contributed by atoms with Crippen LogP contribution in [0.2, 0.25) is 0 Å². The second kappa shape index (κ2) is 6.09. The molecule has 1 nitrogen and oxygen atoms in total. The van der Waals surface area contributed by atoms with Gasteiger partial charge < -0.3 is 4.74 Å². The number of thiophene rings is 1. The summed E-state index contributed by atoms with van der Waals surface area (Å²) >= 11 is 11.8. The van der Waals surface area contributed by atoms with Gasteiger partial charge in [-0.15, -0.1) is 22.9 Å². The quantitative estimate of drug-likeness (QED) is 0.673. The highest BCUT2D eigenvalue weighted by Crippen LogP contribution is 2.37. The van der Waals surface area contributed by atoms with Crippen LogP contribution in [0.5, 0.6) is 5.75 Å². The van der Waals surface area contributed by atoms with E-state index in [0.717, 1.165) is 22.2 Å². The lowest BCUT2D eigenvalue weighted by Gasteiger charge is -2.10. The summed E-state index contributed by atoms with van der Waals surface area (Å²) in [5, 5.41) is -0.0995. The number of alkyl halides is 1. The van der Waals surface area contributed by atoms with Gasteiger partial charge in [0.15, 0.2) is 0 Å². The van der Waals surface area contributed by atoms with Gasteiger partial charge in [0, 0.05) is 9.75 Å². The molecule has 18 heavy (non-hydrogen) atoms. The van der Waals surface area contributed by atoms with Crippen molar-refractivity contribution in [2.75, 3.05) is 7.11 Å². The molecule has 1 atom stereocenters. The van der Waals surface area contributed by atoms with Crippen molar-refractivity contribution in [2.24, 2.45) is 0 Å². The molecule has 2 rings (SSSR count). The third-order valence-corrected chi connectivity index (χ3v) is 5.28. The number of halogens is 2. The van der Waals surface area contributed by atoms with E-state index in [1.54, 1.807) is 18.4 Å². The number of aryl methyl sites for hydroxylation is 1. The first-order chi connectivity index (χ1) is 8.65. The predicted octanol–water partition coefficient (Wildman–Crippen LogP) is 5.41. The van der Waals surface area contributed by atoms with Gasteiger partial charge in [-0.2, -0.15) is 0 Å². The monoisotopic (exact) mass is 344 g/mol. The fourth-order valence-electron chi connectivity index (χ4n) is 1.73. The maximum absolute atomic E-state index is 6.52. The SMILES string of the molecule is CCc1ccc(C(Cl)c2ccc(OC)c(Br)c2)s1. The highest BCUT2D eigenvalue weighted by atomic mass is 79.9. The van der Waals surface area contributed by atoms with E-state index in [9.17, 15) is 0 Å². The summed E-state index contributed by atoms with van der Waals surface area (Å²) in [6.07, 6.45) is 1.06. The molecule has 0 aliphatic carbocycles. The van der Waals surface area contributed by atoms with Gasteiger partial charge in [-0.05, 0) is 52.2 Å². The molecule has 0 spiro atoms. The first-order valence-electron chi connectivity index (χ1n) is 5.71. The van der Waals surface area contributed by atoms with E-state index in [1.807, 2.05) is 18.2 Å². The molecule has 0 N–H and O–H groups in total. The van der Waals surface area contributed by atoms with Crippen LogP contribution < -0.4 is 4.74 Å². The number of hydrogen-bond donors (Lipinski definition) is 0. The average Bonchev–Trinajstić information content (AvgIpc) is 2.86. The summed E-state index contributed by atoms with van der Waals surface area (Å²) in [6, 6.07) is 10.2. The van der Waals surface area contributed by atoms with Crippen LogP contribution in [-0.2, 0) is 6.42 Å². The Morgan fingerprint density at radius 3 is 2.67 bits per heavy atom. The fourth-order valence-corrected chi connectivity index (χ4v) is 3.58. The number of hydrogen-bond acceptors (Lipinski definition) is 2. The lowest BCUT2D eigenvalue weighted by molar-refractivity contribution is 0.412. The normalized spacial score (nSPS) is 12.4. The minimum absolute atomic E-state index is 0.0995. The lowest BCUT2D eigenvalue weighted by atomic mass is 10.1. The number of rotatable bonds is 4. The van der Waals surface area contributed by atoms with Crippen molar-refractivity contribution in [1.82, 2.24) is 0 Å². The molecule has 0 fully saturated rings. The largest absolute Gasteiger partial charge is 0.496 e. The summed E-state index contributed by atoms with van der Waals surface area (Å²) in [6.45, 7) is 2.16. The zero-order chi connectivity index (χ0) is 13.1. The van der Waals surface area contributed by atoms with E-state index in [4.69, 9.17) is 16.3 Å². The van der Waals surface area contributed by atoms with Crippen molar-refractivity contribution in [3.05, 3.63) is 50.1 Å². The molecule has 4 heteroatoms. The zero-order valence-electron chi connectivity index (χ0n) is 10.2. The second-order valence-electron chi connectivity index (χ2n) is 3.91. The number of methoxy groups -OCH3 is 1. The summed E-state index contributed by atoms with van der Waals surface area (Å²) in [7, 11) is 1.66. The van der Waals surface area contributed by atoms with E-state index in [-0.39, 0.29) is 5.38 Å². The molecular formula is C14H14BrClOS. The van der Waals surface area contributed by atoms with Crippen LogP contribution in [0.15, 0.2) is 34.8 Å². The van der Waals surface area contributed by atoms with Gasteiger partial charge in [-0.25, -0.2) is 0 Å². The second-order valence-corrected chi connectivity index (χ2v) is 6.40. The molecule has 0 saturated carbocycles. The topological polar surface area (TPSA) is 9.23 Å². The third kappa shape index (κ3) is 2.90. The van der Waals surface area contributed by atoms with Crippen LogP contribution in [0.3, 0.4) is 0 Å². The fraction of sp³-hybridized carbons (Fsp3) is 0.286. The maximum Gasteiger partial charge on any atom is 0.133 e. The zero-order valence-corrected chi connectivity index (χ0v) is 13.4. The Morgan fingerprint density at radius 1 is 1.33 bits per heavy atom. The molecule has 0 saturated heterocycles. The van der Waals surface area contributed by atoms with Crippen molar-refractivity contribution < 1.29 is 4.74 Å². The van der Waals surface area contributed by atoms with Gasteiger partial charge in [-0.3, -0.25) is 0 Å². The van der Waals surface area contributed by atoms with E-state index in [0.29, 0.717) is 0 Å². The van der Waals surface area contributed by atoms with Crippen molar-refractivity contribution in [2.45, 2.75) is 18.7 Å². The Morgan fingerprint density at radius 2 is 2.11 bits per heavy atom. The smallest absolute Gasteiger partial charge is 0.133 e. The van der Waals surface area contributed by atoms with E-state index in [2.05, 4.69) is 35.0 Å². The molecule has 1 heterocycles. The molecule has 0 aliphatic heterocycles. The van der Waals surface area contributed by atoms with E-state index >= 15 is 0 Å². The lowest BCUT2D eigenvalue weighted by Crippen LogP contribution is -1.92. The van der Waals surface area contributed by atoms with Crippen LogP contribution >= 0.6 is 38.9 Å². The van der Waals surface area contributed by atoms with Gasteiger partial charge in [0.25, 0.3) is 0 Å². The summed E-state index contributed by atoms with van der Waals surface area (Å²) in [5.41, 5.74) is 1.08. The van der Waals surface area contributed by atoms with Crippen LogP contribution in [0.1, 0.15) is 27.6 Å². The molecule has 2 aromatic rings. The maximum atomic E-state index is 6.52. The van der Waals surface area contributed by atoms with E-state index < -0.39 is 0 Å². The summed E-state index contributed by atoms with van der Waals surface area (Å²) in [5.74, 6) is 0.822. The van der Waals surface area contributed by atoms with Gasteiger partial charge in [0.2, 0.25) is 0 Å². The number of benzene rings is 1. The standard InChI is InChI=1S/C14H14BrClOS/c1-3-10-5-7-13(18-10)14(16)9-4-6-12(17-2)11(15)8-9/h4-8,14H,3H2,1-2H3. The van der Waals surface area contributed by atoms with Crippen molar-refractivity contribution in [1.29, 1.82) is 0 Å². The molecule has 0 bridgehead atoms. The molecule has 0 amide bonds. The van der Waals surface area contributed by atoms with Crippen LogP contribution in [0.4, 0.5) is 0 Å². The van der Waals surface area contributed by atoms with Crippen molar-refractivity contribution in [3.8, 4) is 5.75 Å². The first-order valence-corrected chi connectivity index (χ1v) is 7.76. The Labute approximate surface area is 125 Å². The summed E-state index contributed by atoms with van der Waals surface area (Å²) in [4.78, 5) is 2.55. The van der Waals surface area contributed by atoms with Crippen molar-refractivity contribution in [3.63, 3.8) is 0 Å². The minimum atomic E-state index is -0.0995. The van der Waals surface area contributed by atoms with Crippen LogP contribution in [0, 0.1) is 0 Å². The van der Waals surface area contributed by atoms with Crippen LogP contribution in [0.25, 0.3) is 0 Å². The highest BCUT2D eigenvalue weighted by molar-refractivity contribution is 9.10. The molecule has 1 unspecified atom stereocenters. The van der Waals surface area contributed by atoms with E-state index in [1.165, 1.54) is 9.75 Å². The average molecular weight is 346 g/mol. The molecule has 0 aliphatic rings. The van der Waals surface area contributed by atoms with Crippen molar-refractivity contribution >= 4 is 38.9 Å². The first kappa shape index (κ1) is 13.9.